The van der Waals surface area contributed by atoms with E-state index in [1.54, 1.807) is 0 Å². The van der Waals surface area contributed by atoms with Crippen molar-refractivity contribution in [3.63, 3.8) is 0 Å². The van der Waals surface area contributed by atoms with Crippen LogP contribution in [0, 0.1) is 0 Å². The van der Waals surface area contributed by atoms with Gasteiger partial charge in [-0.05, 0) is 20.0 Å². The molecule has 0 aromatic heterocycles. The number of hydrogen-bond acceptors (Lipinski definition) is 2. The molecule has 0 radical (unpaired) electrons. The van der Waals surface area contributed by atoms with Crippen LogP contribution in [0.1, 0.15) is 13.3 Å². The first-order valence-corrected chi connectivity index (χ1v) is 4.24. The van der Waals surface area contributed by atoms with E-state index in [1.165, 1.54) is 39.1 Å². The van der Waals surface area contributed by atoms with Crippen molar-refractivity contribution >= 4 is 12.4 Å². The van der Waals surface area contributed by atoms with Crippen LogP contribution in [0.25, 0.3) is 0 Å². The van der Waals surface area contributed by atoms with Crippen LogP contribution in [0.2, 0.25) is 0 Å². The summed E-state index contributed by atoms with van der Waals surface area (Å²) in [4.78, 5) is 4.94. The minimum Gasteiger partial charge on any atom is -0.304 e. The number of piperazine rings is 1. The number of halogens is 1. The highest BCUT2D eigenvalue weighted by molar-refractivity contribution is 5.85. The van der Waals surface area contributed by atoms with Gasteiger partial charge >= 0.3 is 0 Å². The Morgan fingerprint density at radius 1 is 1.09 bits per heavy atom. The Bertz CT molecular complexity index is 90.1. The van der Waals surface area contributed by atoms with Crippen molar-refractivity contribution in [2.24, 2.45) is 0 Å². The molecular formula is C8H19ClN2. The molecule has 0 unspecified atom stereocenters. The van der Waals surface area contributed by atoms with E-state index in [0.29, 0.717) is 0 Å². The van der Waals surface area contributed by atoms with Crippen molar-refractivity contribution in [1.29, 1.82) is 0 Å². The highest BCUT2D eigenvalue weighted by Gasteiger charge is 2.11. The smallest absolute Gasteiger partial charge is 0.0110 e. The molecule has 1 aliphatic heterocycles. The van der Waals surface area contributed by atoms with E-state index in [-0.39, 0.29) is 12.4 Å². The molecule has 1 aliphatic rings. The second-order valence-corrected chi connectivity index (χ2v) is 3.14. The Morgan fingerprint density at radius 3 is 2.09 bits per heavy atom. The Morgan fingerprint density at radius 2 is 1.64 bits per heavy atom. The molecule has 1 saturated heterocycles. The molecule has 68 valence electrons. The first-order chi connectivity index (χ1) is 4.83. The molecule has 2 nitrogen and oxygen atoms in total. The van der Waals surface area contributed by atoms with Crippen LogP contribution in [0.5, 0.6) is 0 Å². The third kappa shape index (κ3) is 3.94. The van der Waals surface area contributed by atoms with E-state index < -0.39 is 0 Å². The summed E-state index contributed by atoms with van der Waals surface area (Å²) in [5.74, 6) is 0. The maximum atomic E-state index is 2.54. The fourth-order valence-electron chi connectivity index (χ4n) is 1.39. The zero-order valence-corrected chi connectivity index (χ0v) is 8.36. The molecule has 1 heterocycles. The lowest BCUT2D eigenvalue weighted by atomic mass is 10.3. The molecule has 0 atom stereocenters. The molecule has 0 aromatic carbocycles. The normalized spacial score (nSPS) is 21.3. The van der Waals surface area contributed by atoms with Crippen LogP contribution in [0.4, 0.5) is 0 Å². The minimum atomic E-state index is 0. The first-order valence-electron chi connectivity index (χ1n) is 4.24. The maximum Gasteiger partial charge on any atom is 0.0110 e. The van der Waals surface area contributed by atoms with Crippen LogP contribution in [-0.2, 0) is 0 Å². The molecular weight excluding hydrogens is 160 g/mol. The number of hydrogen-bond donors (Lipinski definition) is 0. The predicted molar refractivity (Wildman–Crippen MR) is 51.5 cm³/mol. The maximum absolute atomic E-state index is 2.54. The first kappa shape index (κ1) is 11.2. The molecule has 0 amide bonds. The van der Waals surface area contributed by atoms with Gasteiger partial charge in [-0.25, -0.2) is 0 Å². The molecule has 11 heavy (non-hydrogen) atoms. The topological polar surface area (TPSA) is 6.48 Å². The predicted octanol–water partition coefficient (Wildman–Crippen LogP) is 1.07. The Kier molecular flexibility index (Phi) is 5.92. The van der Waals surface area contributed by atoms with E-state index in [9.17, 15) is 0 Å². The zero-order chi connectivity index (χ0) is 7.40. The molecule has 0 N–H and O–H groups in total. The van der Waals surface area contributed by atoms with Crippen molar-refractivity contribution in [3.05, 3.63) is 0 Å². The second-order valence-electron chi connectivity index (χ2n) is 3.14. The lowest BCUT2D eigenvalue weighted by Crippen LogP contribution is -2.44. The summed E-state index contributed by atoms with van der Waals surface area (Å²) >= 11 is 0. The van der Waals surface area contributed by atoms with Gasteiger partial charge in [-0.2, -0.15) is 0 Å². The van der Waals surface area contributed by atoms with Gasteiger partial charge in [0, 0.05) is 26.2 Å². The van der Waals surface area contributed by atoms with E-state index in [2.05, 4.69) is 23.8 Å². The largest absolute Gasteiger partial charge is 0.304 e. The van der Waals surface area contributed by atoms with Crippen LogP contribution in [0.15, 0.2) is 0 Å². The third-order valence-corrected chi connectivity index (χ3v) is 2.14. The van der Waals surface area contributed by atoms with Crippen molar-refractivity contribution in [2.45, 2.75) is 13.3 Å². The van der Waals surface area contributed by atoms with Gasteiger partial charge in [0.2, 0.25) is 0 Å². The summed E-state index contributed by atoms with van der Waals surface area (Å²) in [6.45, 7) is 8.57. The van der Waals surface area contributed by atoms with Gasteiger partial charge in [0.1, 0.15) is 0 Å². The zero-order valence-electron chi connectivity index (χ0n) is 7.55. The third-order valence-electron chi connectivity index (χ3n) is 2.14. The summed E-state index contributed by atoms with van der Waals surface area (Å²) in [7, 11) is 2.20. The standard InChI is InChI=1S/C8H18N2.ClH/c1-3-4-10-7-5-9(2)6-8-10;/h3-8H2,1-2H3;1H. The highest BCUT2D eigenvalue weighted by Crippen LogP contribution is 1.98. The van der Waals surface area contributed by atoms with Gasteiger partial charge in [-0.15, -0.1) is 12.4 Å². The summed E-state index contributed by atoms with van der Waals surface area (Å²) in [5, 5.41) is 0. The second kappa shape index (κ2) is 5.81. The molecule has 1 rings (SSSR count). The highest BCUT2D eigenvalue weighted by atomic mass is 35.5. The summed E-state index contributed by atoms with van der Waals surface area (Å²) < 4.78 is 0. The van der Waals surface area contributed by atoms with Gasteiger partial charge in [0.05, 0.1) is 0 Å². The summed E-state index contributed by atoms with van der Waals surface area (Å²) in [5.41, 5.74) is 0. The fraction of sp³-hybridized carbons (Fsp3) is 1.00. The van der Waals surface area contributed by atoms with E-state index in [4.69, 9.17) is 0 Å². The molecule has 3 heteroatoms. The number of rotatable bonds is 2. The van der Waals surface area contributed by atoms with Crippen molar-refractivity contribution in [1.82, 2.24) is 9.80 Å². The van der Waals surface area contributed by atoms with Gasteiger partial charge in [0.15, 0.2) is 0 Å². The molecule has 0 bridgehead atoms. The Labute approximate surface area is 76.0 Å². The van der Waals surface area contributed by atoms with E-state index in [0.717, 1.165) is 0 Å². The van der Waals surface area contributed by atoms with Crippen LogP contribution in [0.3, 0.4) is 0 Å². The molecule has 0 saturated carbocycles. The fourth-order valence-corrected chi connectivity index (χ4v) is 1.39. The van der Waals surface area contributed by atoms with Crippen molar-refractivity contribution in [2.75, 3.05) is 39.8 Å². The molecule has 1 fully saturated rings. The average molecular weight is 179 g/mol. The summed E-state index contributed by atoms with van der Waals surface area (Å²) in [6.07, 6.45) is 1.30. The van der Waals surface area contributed by atoms with Crippen molar-refractivity contribution < 1.29 is 0 Å². The van der Waals surface area contributed by atoms with Crippen molar-refractivity contribution in [3.8, 4) is 0 Å². The summed E-state index contributed by atoms with van der Waals surface area (Å²) in [6, 6.07) is 0. The van der Waals surface area contributed by atoms with E-state index >= 15 is 0 Å². The molecule has 0 aromatic rings. The average Bonchev–Trinajstić information content (AvgIpc) is 1.95. The number of nitrogens with zero attached hydrogens (tertiary/aromatic N) is 2. The lowest BCUT2D eigenvalue weighted by Gasteiger charge is -2.31. The Balaban J connectivity index is 0.000001000. The Hall–Kier alpha value is 0.210. The van der Waals surface area contributed by atoms with Crippen LogP contribution in [-0.4, -0.2) is 49.6 Å². The SMILES string of the molecule is CCCN1CCN(C)CC1.Cl. The van der Waals surface area contributed by atoms with Gasteiger partial charge < -0.3 is 9.80 Å². The van der Waals surface area contributed by atoms with E-state index in [1.807, 2.05) is 0 Å². The van der Waals surface area contributed by atoms with Crippen LogP contribution < -0.4 is 0 Å². The monoisotopic (exact) mass is 178 g/mol. The number of likely N-dealkylation sites (N-methyl/N-ethyl adjacent to an activating group) is 1. The van der Waals surface area contributed by atoms with Gasteiger partial charge in [0.25, 0.3) is 0 Å². The molecule has 0 aliphatic carbocycles. The van der Waals surface area contributed by atoms with Crippen LogP contribution >= 0.6 is 12.4 Å². The minimum absolute atomic E-state index is 0. The molecule has 0 spiro atoms. The van der Waals surface area contributed by atoms with Gasteiger partial charge in [-0.1, -0.05) is 6.92 Å². The quantitative estimate of drug-likeness (QED) is 0.624. The van der Waals surface area contributed by atoms with Gasteiger partial charge in [-0.3, -0.25) is 0 Å². The lowest BCUT2D eigenvalue weighted by molar-refractivity contribution is 0.154.